The smallest absolute Gasteiger partial charge is 0.395 e. The first-order chi connectivity index (χ1) is 8.74. The van der Waals surface area contributed by atoms with E-state index in [0.29, 0.717) is 5.56 Å². The third-order valence-corrected chi connectivity index (χ3v) is 2.64. The standard InChI is InChI=1S/C11H13ClF3N3O/c12-8-5-7(10(16)17)1-2-9(8)18(3-4-19)6-11(13,14)15/h1-2,5,19H,3-4,6H2,(H3,16,17). The molecule has 8 heteroatoms. The first-order valence-corrected chi connectivity index (χ1v) is 5.69. The lowest BCUT2D eigenvalue weighted by molar-refractivity contribution is -0.119. The molecule has 4 N–H and O–H groups in total. The summed E-state index contributed by atoms with van der Waals surface area (Å²) >= 11 is 5.89. The lowest BCUT2D eigenvalue weighted by Crippen LogP contribution is -2.36. The molecule has 0 aliphatic heterocycles. The topological polar surface area (TPSA) is 73.3 Å². The molecule has 0 atom stereocenters. The Bertz CT molecular complexity index is 465. The number of benzene rings is 1. The number of hydrogen-bond acceptors (Lipinski definition) is 3. The van der Waals surface area contributed by atoms with Crippen LogP contribution >= 0.6 is 11.6 Å². The number of nitrogen functional groups attached to an aromatic ring is 1. The second-order valence-electron chi connectivity index (χ2n) is 3.84. The Kier molecular flexibility index (Phi) is 5.02. The zero-order chi connectivity index (χ0) is 14.6. The molecule has 0 spiro atoms. The van der Waals surface area contributed by atoms with Gasteiger partial charge in [0.25, 0.3) is 0 Å². The molecule has 19 heavy (non-hydrogen) atoms. The SMILES string of the molecule is N=C(N)c1ccc(N(CCO)CC(F)(F)F)c(Cl)c1. The number of alkyl halides is 3. The van der Waals surface area contributed by atoms with Gasteiger partial charge in [0.15, 0.2) is 0 Å². The molecule has 0 radical (unpaired) electrons. The Balaban J connectivity index is 3.06. The maximum absolute atomic E-state index is 12.4. The minimum absolute atomic E-state index is 0.0467. The van der Waals surface area contributed by atoms with E-state index in [1.807, 2.05) is 0 Å². The lowest BCUT2D eigenvalue weighted by Gasteiger charge is -2.26. The number of aliphatic hydroxyl groups is 1. The number of nitrogens with two attached hydrogens (primary N) is 1. The van der Waals surface area contributed by atoms with Gasteiger partial charge >= 0.3 is 6.18 Å². The van der Waals surface area contributed by atoms with Crippen molar-refractivity contribution in [2.24, 2.45) is 5.73 Å². The maximum Gasteiger partial charge on any atom is 0.405 e. The third kappa shape index (κ3) is 4.60. The van der Waals surface area contributed by atoms with Gasteiger partial charge in [0.05, 0.1) is 17.3 Å². The van der Waals surface area contributed by atoms with Crippen molar-refractivity contribution in [1.29, 1.82) is 5.41 Å². The summed E-state index contributed by atoms with van der Waals surface area (Å²) in [7, 11) is 0. The van der Waals surface area contributed by atoms with Crippen LogP contribution in [-0.4, -0.2) is 36.8 Å². The van der Waals surface area contributed by atoms with Gasteiger partial charge in [0.1, 0.15) is 12.4 Å². The molecular formula is C11H13ClF3N3O. The van der Waals surface area contributed by atoms with Crippen LogP contribution in [0.3, 0.4) is 0 Å². The highest BCUT2D eigenvalue weighted by Crippen LogP contribution is 2.29. The average molecular weight is 296 g/mol. The van der Waals surface area contributed by atoms with E-state index in [-0.39, 0.29) is 23.1 Å². The fraction of sp³-hybridized carbons (Fsp3) is 0.364. The van der Waals surface area contributed by atoms with E-state index < -0.39 is 19.3 Å². The van der Waals surface area contributed by atoms with Crippen LogP contribution in [0, 0.1) is 5.41 Å². The summed E-state index contributed by atoms with van der Waals surface area (Å²) in [6.07, 6.45) is -4.41. The normalized spacial score (nSPS) is 11.4. The molecule has 0 saturated heterocycles. The number of nitrogens with zero attached hydrogens (tertiary/aromatic N) is 1. The molecular weight excluding hydrogens is 283 g/mol. The number of aliphatic hydroxyl groups excluding tert-OH is 1. The maximum atomic E-state index is 12.4. The Morgan fingerprint density at radius 3 is 2.47 bits per heavy atom. The predicted octanol–water partition coefficient (Wildman–Crippen LogP) is 1.99. The molecule has 0 aromatic heterocycles. The highest BCUT2D eigenvalue weighted by Gasteiger charge is 2.31. The van der Waals surface area contributed by atoms with Crippen LogP contribution in [0.4, 0.5) is 18.9 Å². The molecule has 106 valence electrons. The van der Waals surface area contributed by atoms with Crippen molar-refractivity contribution >= 4 is 23.1 Å². The van der Waals surface area contributed by atoms with Crippen LogP contribution in [0.5, 0.6) is 0 Å². The predicted molar refractivity (Wildman–Crippen MR) is 67.8 cm³/mol. The summed E-state index contributed by atoms with van der Waals surface area (Å²) in [6.45, 7) is -1.84. The van der Waals surface area contributed by atoms with Crippen molar-refractivity contribution in [3.63, 3.8) is 0 Å². The Morgan fingerprint density at radius 2 is 2.05 bits per heavy atom. The molecule has 1 rings (SSSR count). The average Bonchev–Trinajstić information content (AvgIpc) is 2.26. The molecule has 0 bridgehead atoms. The first-order valence-electron chi connectivity index (χ1n) is 5.31. The minimum Gasteiger partial charge on any atom is -0.395 e. The molecule has 0 fully saturated rings. The van der Waals surface area contributed by atoms with E-state index in [0.717, 1.165) is 4.90 Å². The van der Waals surface area contributed by atoms with Gasteiger partial charge < -0.3 is 15.7 Å². The zero-order valence-corrected chi connectivity index (χ0v) is 10.6. The van der Waals surface area contributed by atoms with Crippen LogP contribution in [0.25, 0.3) is 0 Å². The zero-order valence-electron chi connectivity index (χ0n) is 9.84. The minimum atomic E-state index is -4.41. The van der Waals surface area contributed by atoms with Crippen LogP contribution < -0.4 is 10.6 Å². The van der Waals surface area contributed by atoms with Gasteiger partial charge in [-0.15, -0.1) is 0 Å². The second-order valence-corrected chi connectivity index (χ2v) is 4.25. The highest BCUT2D eigenvalue weighted by molar-refractivity contribution is 6.33. The monoisotopic (exact) mass is 295 g/mol. The van der Waals surface area contributed by atoms with Crippen molar-refractivity contribution in [2.45, 2.75) is 6.18 Å². The summed E-state index contributed by atoms with van der Waals surface area (Å²) in [5.41, 5.74) is 5.72. The highest BCUT2D eigenvalue weighted by atomic mass is 35.5. The van der Waals surface area contributed by atoms with Gasteiger partial charge in [-0.25, -0.2) is 0 Å². The number of amidine groups is 1. The van der Waals surface area contributed by atoms with Crippen molar-refractivity contribution in [3.05, 3.63) is 28.8 Å². The molecule has 0 unspecified atom stereocenters. The number of halogens is 4. The number of anilines is 1. The Labute approximate surface area is 113 Å². The Morgan fingerprint density at radius 1 is 1.42 bits per heavy atom. The quantitative estimate of drug-likeness (QED) is 0.574. The van der Waals surface area contributed by atoms with Gasteiger partial charge in [-0.1, -0.05) is 11.6 Å². The van der Waals surface area contributed by atoms with Crippen LogP contribution in [0.15, 0.2) is 18.2 Å². The van der Waals surface area contributed by atoms with Crippen LogP contribution in [-0.2, 0) is 0 Å². The third-order valence-electron chi connectivity index (χ3n) is 2.34. The molecule has 1 aromatic carbocycles. The lowest BCUT2D eigenvalue weighted by atomic mass is 10.1. The van der Waals surface area contributed by atoms with E-state index in [4.69, 9.17) is 27.9 Å². The van der Waals surface area contributed by atoms with Crippen LogP contribution in [0.2, 0.25) is 5.02 Å². The van der Waals surface area contributed by atoms with Gasteiger partial charge in [-0.05, 0) is 18.2 Å². The van der Waals surface area contributed by atoms with E-state index >= 15 is 0 Å². The van der Waals surface area contributed by atoms with Gasteiger partial charge in [0.2, 0.25) is 0 Å². The van der Waals surface area contributed by atoms with E-state index in [2.05, 4.69) is 0 Å². The molecule has 0 saturated carbocycles. The number of hydrogen-bond donors (Lipinski definition) is 3. The van der Waals surface area contributed by atoms with E-state index in [1.165, 1.54) is 18.2 Å². The molecule has 0 aliphatic carbocycles. The molecule has 0 aliphatic rings. The summed E-state index contributed by atoms with van der Waals surface area (Å²) in [6, 6.07) is 4.07. The van der Waals surface area contributed by atoms with Crippen molar-refractivity contribution in [3.8, 4) is 0 Å². The summed E-state index contributed by atoms with van der Waals surface area (Å²) in [4.78, 5) is 0.923. The van der Waals surface area contributed by atoms with Crippen molar-refractivity contribution in [1.82, 2.24) is 0 Å². The molecule has 0 amide bonds. The summed E-state index contributed by atoms with van der Waals surface area (Å²) in [5, 5.41) is 16.1. The molecule has 1 aromatic rings. The van der Waals surface area contributed by atoms with Crippen LogP contribution in [0.1, 0.15) is 5.56 Å². The van der Waals surface area contributed by atoms with E-state index in [1.54, 1.807) is 0 Å². The summed E-state index contributed by atoms with van der Waals surface area (Å²) < 4.78 is 37.3. The van der Waals surface area contributed by atoms with Gasteiger partial charge in [-0.2, -0.15) is 13.2 Å². The van der Waals surface area contributed by atoms with E-state index in [9.17, 15) is 13.2 Å². The van der Waals surface area contributed by atoms with Crippen molar-refractivity contribution < 1.29 is 18.3 Å². The largest absolute Gasteiger partial charge is 0.405 e. The Hall–Kier alpha value is -1.47. The fourth-order valence-corrected chi connectivity index (χ4v) is 1.85. The number of nitrogens with one attached hydrogen (secondary N) is 1. The van der Waals surface area contributed by atoms with Crippen molar-refractivity contribution in [2.75, 3.05) is 24.6 Å². The number of rotatable bonds is 5. The van der Waals surface area contributed by atoms with Gasteiger partial charge in [0, 0.05) is 12.1 Å². The molecule has 0 heterocycles. The summed E-state index contributed by atoms with van der Waals surface area (Å²) in [5.74, 6) is -0.224. The fourth-order valence-electron chi connectivity index (χ4n) is 1.55. The molecule has 4 nitrogen and oxygen atoms in total. The first kappa shape index (κ1) is 15.6. The second kappa shape index (κ2) is 6.12. The van der Waals surface area contributed by atoms with Gasteiger partial charge in [-0.3, -0.25) is 5.41 Å².